The van der Waals surface area contributed by atoms with Crippen LogP contribution in [0.2, 0.25) is 0 Å². The average molecular weight is 218 g/mol. The number of hydrogen-bond donors (Lipinski definition) is 2. The van der Waals surface area contributed by atoms with Crippen molar-refractivity contribution in [1.29, 1.82) is 0 Å². The summed E-state index contributed by atoms with van der Waals surface area (Å²) in [6.45, 7) is 4.19. The molecule has 0 aromatic carbocycles. The van der Waals surface area contributed by atoms with Crippen molar-refractivity contribution in [2.45, 2.75) is 31.7 Å². The second-order valence-electron chi connectivity index (χ2n) is 4.65. The maximum absolute atomic E-state index is 4.76. The number of hydrogen-bond acceptors (Lipinski definition) is 4. The lowest BCUT2D eigenvalue weighted by molar-refractivity contribution is 0.442. The number of fused-ring (bicyclic) bond motifs is 1. The van der Waals surface area contributed by atoms with Crippen molar-refractivity contribution in [3.8, 4) is 0 Å². The quantitative estimate of drug-likeness (QED) is 0.724. The van der Waals surface area contributed by atoms with Gasteiger partial charge in [0.25, 0.3) is 0 Å². The first-order valence-electron chi connectivity index (χ1n) is 6.19. The number of nitrogens with zero attached hydrogens (tertiary/aromatic N) is 2. The summed E-state index contributed by atoms with van der Waals surface area (Å²) >= 11 is 0. The molecular formula is C12H18N4. The molecule has 3 rings (SSSR count). The highest BCUT2D eigenvalue weighted by Gasteiger charge is 2.19. The molecule has 0 aliphatic carbocycles. The van der Waals surface area contributed by atoms with Crippen molar-refractivity contribution in [2.75, 3.05) is 19.6 Å². The summed E-state index contributed by atoms with van der Waals surface area (Å²) < 4.78 is 0. The van der Waals surface area contributed by atoms with Crippen LogP contribution in [-0.4, -0.2) is 29.6 Å². The second-order valence-corrected chi connectivity index (χ2v) is 4.65. The Hall–Kier alpha value is -1.00. The Morgan fingerprint density at radius 2 is 2.00 bits per heavy atom. The summed E-state index contributed by atoms with van der Waals surface area (Å²) in [6, 6.07) is 0. The summed E-state index contributed by atoms with van der Waals surface area (Å²) in [7, 11) is 0. The Bertz CT molecular complexity index is 371. The summed E-state index contributed by atoms with van der Waals surface area (Å²) in [6.07, 6.45) is 5.43. The minimum atomic E-state index is 0.571. The summed E-state index contributed by atoms with van der Waals surface area (Å²) in [4.78, 5) is 9.29. The maximum atomic E-state index is 4.76. The van der Waals surface area contributed by atoms with Crippen molar-refractivity contribution in [3.63, 3.8) is 0 Å². The van der Waals surface area contributed by atoms with Gasteiger partial charge in [-0.25, -0.2) is 9.97 Å². The molecule has 1 aromatic rings. The normalized spacial score (nSPS) is 21.8. The van der Waals surface area contributed by atoms with Crippen molar-refractivity contribution in [1.82, 2.24) is 20.6 Å². The third kappa shape index (κ3) is 1.95. The lowest BCUT2D eigenvalue weighted by atomic mass is 9.96. The Kier molecular flexibility index (Phi) is 2.84. The van der Waals surface area contributed by atoms with E-state index in [4.69, 9.17) is 4.98 Å². The van der Waals surface area contributed by atoms with E-state index in [2.05, 4.69) is 15.6 Å². The van der Waals surface area contributed by atoms with Crippen molar-refractivity contribution < 1.29 is 0 Å². The van der Waals surface area contributed by atoms with Gasteiger partial charge in [-0.1, -0.05) is 0 Å². The van der Waals surface area contributed by atoms with Gasteiger partial charge in [0, 0.05) is 42.9 Å². The molecule has 0 spiro atoms. The Morgan fingerprint density at radius 3 is 2.88 bits per heavy atom. The van der Waals surface area contributed by atoms with E-state index in [1.807, 2.05) is 6.20 Å². The highest BCUT2D eigenvalue weighted by atomic mass is 15.0. The van der Waals surface area contributed by atoms with Crippen molar-refractivity contribution in [2.24, 2.45) is 0 Å². The van der Waals surface area contributed by atoms with Gasteiger partial charge in [0.2, 0.25) is 0 Å². The van der Waals surface area contributed by atoms with E-state index in [9.17, 15) is 0 Å². The molecule has 86 valence electrons. The van der Waals surface area contributed by atoms with Gasteiger partial charge >= 0.3 is 0 Å². The molecule has 3 heterocycles. The van der Waals surface area contributed by atoms with Crippen molar-refractivity contribution >= 4 is 0 Å². The van der Waals surface area contributed by atoms with Crippen LogP contribution < -0.4 is 10.6 Å². The van der Waals surface area contributed by atoms with Gasteiger partial charge in [-0.2, -0.15) is 0 Å². The van der Waals surface area contributed by atoms with Gasteiger partial charge in [-0.3, -0.25) is 0 Å². The van der Waals surface area contributed by atoms with E-state index in [-0.39, 0.29) is 0 Å². The van der Waals surface area contributed by atoms with Gasteiger partial charge in [0.05, 0.1) is 0 Å². The Labute approximate surface area is 95.9 Å². The molecule has 0 amide bonds. The Morgan fingerprint density at radius 1 is 1.12 bits per heavy atom. The zero-order valence-corrected chi connectivity index (χ0v) is 9.50. The van der Waals surface area contributed by atoms with Crippen LogP contribution in [0, 0.1) is 0 Å². The van der Waals surface area contributed by atoms with Gasteiger partial charge in [-0.05, 0) is 25.9 Å². The largest absolute Gasteiger partial charge is 0.317 e. The molecule has 2 aliphatic rings. The van der Waals surface area contributed by atoms with Crippen LogP contribution in [-0.2, 0) is 13.0 Å². The Balaban J connectivity index is 1.84. The highest BCUT2D eigenvalue weighted by Crippen LogP contribution is 2.23. The standard InChI is InChI=1S/C12H18N4/c1-4-13-5-2-9(1)12-15-8-10-7-14-6-3-11(10)16-12/h8-9,13-14H,1-7H2. The van der Waals surface area contributed by atoms with Gasteiger partial charge < -0.3 is 10.6 Å². The van der Waals surface area contributed by atoms with Crippen LogP contribution in [0.25, 0.3) is 0 Å². The number of rotatable bonds is 1. The molecule has 2 aliphatic heterocycles. The van der Waals surface area contributed by atoms with Crippen LogP contribution in [0.3, 0.4) is 0 Å². The zero-order valence-electron chi connectivity index (χ0n) is 9.50. The lowest BCUT2D eigenvalue weighted by Crippen LogP contribution is -2.29. The van der Waals surface area contributed by atoms with Crippen LogP contribution >= 0.6 is 0 Å². The van der Waals surface area contributed by atoms with Gasteiger partial charge in [0.15, 0.2) is 0 Å². The van der Waals surface area contributed by atoms with Crippen LogP contribution in [0.15, 0.2) is 6.20 Å². The highest BCUT2D eigenvalue weighted by molar-refractivity contribution is 5.21. The summed E-state index contributed by atoms with van der Waals surface area (Å²) in [5.74, 6) is 1.64. The van der Waals surface area contributed by atoms with E-state index < -0.39 is 0 Å². The second kappa shape index (κ2) is 4.47. The van der Waals surface area contributed by atoms with Crippen LogP contribution in [0.4, 0.5) is 0 Å². The van der Waals surface area contributed by atoms with E-state index in [1.54, 1.807) is 0 Å². The molecule has 4 heteroatoms. The first-order valence-corrected chi connectivity index (χ1v) is 6.19. The molecule has 1 saturated heterocycles. The van der Waals surface area contributed by atoms with Gasteiger partial charge in [0.1, 0.15) is 5.82 Å². The number of aromatic nitrogens is 2. The van der Waals surface area contributed by atoms with Crippen LogP contribution in [0.5, 0.6) is 0 Å². The third-order valence-corrected chi connectivity index (χ3v) is 3.53. The van der Waals surface area contributed by atoms with Crippen LogP contribution in [0.1, 0.15) is 35.8 Å². The third-order valence-electron chi connectivity index (χ3n) is 3.53. The number of nitrogens with one attached hydrogen (secondary N) is 2. The molecule has 0 radical (unpaired) electrons. The molecule has 2 N–H and O–H groups in total. The molecule has 1 aromatic heterocycles. The zero-order chi connectivity index (χ0) is 10.8. The summed E-state index contributed by atoms with van der Waals surface area (Å²) in [5.41, 5.74) is 2.55. The first kappa shape index (κ1) is 10.2. The lowest BCUT2D eigenvalue weighted by Gasteiger charge is -2.23. The van der Waals surface area contributed by atoms with E-state index in [1.165, 1.54) is 24.1 Å². The monoisotopic (exact) mass is 218 g/mol. The van der Waals surface area contributed by atoms with E-state index >= 15 is 0 Å². The molecule has 0 bridgehead atoms. The predicted molar refractivity (Wildman–Crippen MR) is 62.3 cm³/mol. The minimum Gasteiger partial charge on any atom is -0.317 e. The summed E-state index contributed by atoms with van der Waals surface area (Å²) in [5, 5.41) is 6.73. The minimum absolute atomic E-state index is 0.571. The fourth-order valence-corrected chi connectivity index (χ4v) is 2.53. The maximum Gasteiger partial charge on any atom is 0.131 e. The van der Waals surface area contributed by atoms with Crippen molar-refractivity contribution in [3.05, 3.63) is 23.3 Å². The van der Waals surface area contributed by atoms with E-state index in [0.717, 1.165) is 38.4 Å². The fourth-order valence-electron chi connectivity index (χ4n) is 2.53. The SMILES string of the molecule is c1nc(C2CCNCC2)nc2c1CNCC2. The average Bonchev–Trinajstić information content (AvgIpc) is 2.39. The molecule has 0 saturated carbocycles. The predicted octanol–water partition coefficient (Wildman–Crippen LogP) is 0.589. The smallest absolute Gasteiger partial charge is 0.131 e. The molecule has 4 nitrogen and oxygen atoms in total. The first-order chi connectivity index (χ1) is 7.93. The molecule has 1 fully saturated rings. The van der Waals surface area contributed by atoms with Gasteiger partial charge in [-0.15, -0.1) is 0 Å². The number of piperidine rings is 1. The molecular weight excluding hydrogens is 200 g/mol. The molecule has 16 heavy (non-hydrogen) atoms. The molecule has 0 unspecified atom stereocenters. The van der Waals surface area contributed by atoms with E-state index in [0.29, 0.717) is 5.92 Å². The molecule has 0 atom stereocenters. The topological polar surface area (TPSA) is 49.8 Å². The fraction of sp³-hybridized carbons (Fsp3) is 0.667.